The lowest BCUT2D eigenvalue weighted by Gasteiger charge is -2.09. The quantitative estimate of drug-likeness (QED) is 0.354. The standard InChI is InChI=1S/C17H15NO7/c1-11-9-12(10-16(19)23-2)3-8-15(11)25-17(20)24-14-6-4-13(5-7-14)18(21)22/h3-9H,10H2,1-2H3. The van der Waals surface area contributed by atoms with E-state index in [9.17, 15) is 19.7 Å². The van der Waals surface area contributed by atoms with Gasteiger partial charge in [0.1, 0.15) is 11.5 Å². The molecule has 0 spiro atoms. The van der Waals surface area contributed by atoms with Crippen molar-refractivity contribution in [1.29, 1.82) is 0 Å². The van der Waals surface area contributed by atoms with E-state index < -0.39 is 11.1 Å². The zero-order chi connectivity index (χ0) is 18.4. The highest BCUT2D eigenvalue weighted by molar-refractivity contribution is 5.73. The van der Waals surface area contributed by atoms with Crippen LogP contribution in [0, 0.1) is 17.0 Å². The van der Waals surface area contributed by atoms with Crippen LogP contribution in [0.5, 0.6) is 11.5 Å². The van der Waals surface area contributed by atoms with Gasteiger partial charge in [-0.3, -0.25) is 14.9 Å². The average Bonchev–Trinajstić information content (AvgIpc) is 2.57. The Morgan fingerprint density at radius 3 is 2.32 bits per heavy atom. The predicted octanol–water partition coefficient (Wildman–Crippen LogP) is 3.20. The largest absolute Gasteiger partial charge is 0.519 e. The van der Waals surface area contributed by atoms with Gasteiger partial charge in [0.15, 0.2) is 0 Å². The van der Waals surface area contributed by atoms with Crippen molar-refractivity contribution in [3.63, 3.8) is 0 Å². The van der Waals surface area contributed by atoms with Crippen molar-refractivity contribution in [3.05, 3.63) is 63.7 Å². The number of aryl methyl sites for hydroxylation is 1. The Labute approximate surface area is 143 Å². The third-order valence-electron chi connectivity index (χ3n) is 3.26. The molecule has 0 unspecified atom stereocenters. The van der Waals surface area contributed by atoms with Gasteiger partial charge in [0.2, 0.25) is 0 Å². The molecule has 0 N–H and O–H groups in total. The molecule has 0 aliphatic rings. The Morgan fingerprint density at radius 2 is 1.76 bits per heavy atom. The maximum absolute atomic E-state index is 11.8. The summed E-state index contributed by atoms with van der Waals surface area (Å²) in [6.45, 7) is 1.72. The number of esters is 1. The molecule has 130 valence electrons. The fourth-order valence-corrected chi connectivity index (χ4v) is 2.02. The first kappa shape index (κ1) is 17.9. The molecule has 25 heavy (non-hydrogen) atoms. The monoisotopic (exact) mass is 345 g/mol. The van der Waals surface area contributed by atoms with Gasteiger partial charge in [0.05, 0.1) is 18.5 Å². The van der Waals surface area contributed by atoms with E-state index in [1.807, 2.05) is 0 Å². The van der Waals surface area contributed by atoms with Crippen molar-refractivity contribution in [2.24, 2.45) is 0 Å². The predicted molar refractivity (Wildman–Crippen MR) is 86.6 cm³/mol. The summed E-state index contributed by atoms with van der Waals surface area (Å²) in [5.41, 5.74) is 1.25. The van der Waals surface area contributed by atoms with E-state index in [0.29, 0.717) is 5.56 Å². The summed E-state index contributed by atoms with van der Waals surface area (Å²) in [5.74, 6) is 0.0294. The second kappa shape index (κ2) is 7.91. The van der Waals surface area contributed by atoms with Gasteiger partial charge >= 0.3 is 12.1 Å². The van der Waals surface area contributed by atoms with Gasteiger partial charge in [-0.05, 0) is 36.2 Å². The molecule has 0 heterocycles. The molecule has 0 bridgehead atoms. The van der Waals surface area contributed by atoms with Crippen LogP contribution < -0.4 is 9.47 Å². The molecular weight excluding hydrogens is 330 g/mol. The minimum atomic E-state index is -0.974. The van der Waals surface area contributed by atoms with Crippen molar-refractivity contribution in [2.75, 3.05) is 7.11 Å². The van der Waals surface area contributed by atoms with E-state index in [2.05, 4.69) is 4.74 Å². The summed E-state index contributed by atoms with van der Waals surface area (Å²) in [6, 6.07) is 9.91. The summed E-state index contributed by atoms with van der Waals surface area (Å²) in [7, 11) is 1.31. The maximum atomic E-state index is 11.8. The van der Waals surface area contributed by atoms with Crippen molar-refractivity contribution < 1.29 is 28.7 Å². The minimum absolute atomic E-state index is 0.113. The molecule has 8 nitrogen and oxygen atoms in total. The van der Waals surface area contributed by atoms with Crippen molar-refractivity contribution in [2.45, 2.75) is 13.3 Å². The van der Waals surface area contributed by atoms with Gasteiger partial charge in [0.25, 0.3) is 5.69 Å². The molecule has 2 rings (SSSR count). The fourth-order valence-electron chi connectivity index (χ4n) is 2.02. The SMILES string of the molecule is COC(=O)Cc1ccc(OC(=O)Oc2ccc([N+](=O)[O-])cc2)c(C)c1. The number of non-ortho nitro benzene ring substituents is 1. The first-order valence-electron chi connectivity index (χ1n) is 7.19. The van der Waals surface area contributed by atoms with Crippen LogP contribution >= 0.6 is 0 Å². The molecule has 0 amide bonds. The molecule has 2 aromatic rings. The molecule has 0 saturated heterocycles. The van der Waals surface area contributed by atoms with Crippen LogP contribution in [-0.2, 0) is 16.0 Å². The number of benzene rings is 2. The van der Waals surface area contributed by atoms with Crippen molar-refractivity contribution >= 4 is 17.8 Å². The van der Waals surface area contributed by atoms with Gasteiger partial charge in [-0.25, -0.2) is 4.79 Å². The first-order valence-corrected chi connectivity index (χ1v) is 7.19. The number of ether oxygens (including phenoxy) is 3. The van der Waals surface area contributed by atoms with Crippen LogP contribution in [-0.4, -0.2) is 24.2 Å². The molecule has 0 saturated carbocycles. The number of methoxy groups -OCH3 is 1. The normalized spacial score (nSPS) is 10.0. The topological polar surface area (TPSA) is 105 Å². The fraction of sp³-hybridized carbons (Fsp3) is 0.176. The zero-order valence-electron chi connectivity index (χ0n) is 13.6. The Kier molecular flexibility index (Phi) is 5.67. The number of nitro benzene ring substituents is 1. The van der Waals surface area contributed by atoms with Crippen LogP contribution in [0.4, 0.5) is 10.5 Å². The number of nitro groups is 1. The van der Waals surface area contributed by atoms with E-state index >= 15 is 0 Å². The summed E-state index contributed by atoms with van der Waals surface area (Å²) < 4.78 is 14.7. The molecule has 0 aliphatic heterocycles. The van der Waals surface area contributed by atoms with E-state index in [1.54, 1.807) is 25.1 Å². The van der Waals surface area contributed by atoms with Crippen LogP contribution in [0.2, 0.25) is 0 Å². The number of hydrogen-bond acceptors (Lipinski definition) is 7. The molecule has 0 atom stereocenters. The first-order chi connectivity index (χ1) is 11.9. The molecule has 0 fully saturated rings. The van der Waals surface area contributed by atoms with E-state index in [-0.39, 0.29) is 29.6 Å². The highest BCUT2D eigenvalue weighted by Gasteiger charge is 2.13. The maximum Gasteiger partial charge on any atom is 0.519 e. The van der Waals surface area contributed by atoms with Crippen molar-refractivity contribution in [3.8, 4) is 11.5 Å². The second-order valence-corrected chi connectivity index (χ2v) is 5.06. The summed E-state index contributed by atoms with van der Waals surface area (Å²) in [6.07, 6.45) is -0.858. The van der Waals surface area contributed by atoms with Gasteiger partial charge in [-0.2, -0.15) is 0 Å². The third kappa shape index (κ3) is 5.03. The lowest BCUT2D eigenvalue weighted by molar-refractivity contribution is -0.384. The Hall–Kier alpha value is -3.42. The second-order valence-electron chi connectivity index (χ2n) is 5.06. The van der Waals surface area contributed by atoms with Gasteiger partial charge in [-0.15, -0.1) is 0 Å². The van der Waals surface area contributed by atoms with Crippen LogP contribution in [0.3, 0.4) is 0 Å². The lowest BCUT2D eigenvalue weighted by Crippen LogP contribution is -2.14. The van der Waals surface area contributed by atoms with Crippen LogP contribution in [0.15, 0.2) is 42.5 Å². The van der Waals surface area contributed by atoms with E-state index in [0.717, 1.165) is 5.56 Å². The Balaban J connectivity index is 2.00. The van der Waals surface area contributed by atoms with E-state index in [1.165, 1.54) is 31.4 Å². The Morgan fingerprint density at radius 1 is 1.08 bits per heavy atom. The average molecular weight is 345 g/mol. The number of carbonyl (C=O) groups excluding carboxylic acids is 2. The van der Waals surface area contributed by atoms with Crippen LogP contribution in [0.1, 0.15) is 11.1 Å². The lowest BCUT2D eigenvalue weighted by atomic mass is 10.1. The van der Waals surface area contributed by atoms with Crippen molar-refractivity contribution in [1.82, 2.24) is 0 Å². The summed E-state index contributed by atoms with van der Waals surface area (Å²) >= 11 is 0. The molecule has 0 radical (unpaired) electrons. The number of nitrogens with zero attached hydrogens (tertiary/aromatic N) is 1. The molecule has 0 aromatic heterocycles. The smallest absolute Gasteiger partial charge is 0.469 e. The molecular formula is C17H15NO7. The number of rotatable bonds is 5. The summed E-state index contributed by atoms with van der Waals surface area (Å²) in [5, 5.41) is 10.6. The van der Waals surface area contributed by atoms with Crippen LogP contribution in [0.25, 0.3) is 0 Å². The Bertz CT molecular complexity index is 799. The van der Waals surface area contributed by atoms with Gasteiger partial charge < -0.3 is 14.2 Å². The minimum Gasteiger partial charge on any atom is -0.469 e. The molecule has 8 heteroatoms. The molecule has 0 aliphatic carbocycles. The highest BCUT2D eigenvalue weighted by Crippen LogP contribution is 2.22. The number of hydrogen-bond donors (Lipinski definition) is 0. The number of carbonyl (C=O) groups is 2. The highest BCUT2D eigenvalue weighted by atomic mass is 16.7. The zero-order valence-corrected chi connectivity index (χ0v) is 13.6. The van der Waals surface area contributed by atoms with Gasteiger partial charge in [-0.1, -0.05) is 12.1 Å². The third-order valence-corrected chi connectivity index (χ3v) is 3.26. The van der Waals surface area contributed by atoms with Gasteiger partial charge in [0, 0.05) is 12.1 Å². The van der Waals surface area contributed by atoms with E-state index in [4.69, 9.17) is 9.47 Å². The molecule has 2 aromatic carbocycles. The summed E-state index contributed by atoms with van der Waals surface area (Å²) in [4.78, 5) is 33.1.